The molecule has 0 bridgehead atoms. The van der Waals surface area contributed by atoms with Crippen LogP contribution in [0.2, 0.25) is 5.02 Å². The Morgan fingerprint density at radius 3 is 2.56 bits per heavy atom. The van der Waals surface area contributed by atoms with E-state index in [0.717, 1.165) is 0 Å². The van der Waals surface area contributed by atoms with Gasteiger partial charge in [-0.15, -0.1) is 0 Å². The molecule has 0 heterocycles. The molecule has 0 saturated heterocycles. The number of hydrogen-bond acceptors (Lipinski definition) is 1. The molecule has 0 saturated carbocycles. The fourth-order valence-electron chi connectivity index (χ4n) is 1.75. The minimum Gasteiger partial charge on any atom is -0.389 e. The van der Waals surface area contributed by atoms with Crippen molar-refractivity contribution in [1.29, 1.82) is 0 Å². The molecule has 0 radical (unpaired) electrons. The van der Waals surface area contributed by atoms with E-state index in [1.54, 1.807) is 0 Å². The van der Waals surface area contributed by atoms with Gasteiger partial charge >= 0.3 is 0 Å². The first kappa shape index (κ1) is 13.5. The number of hydrogen-bond donors (Lipinski definition) is 1. The van der Waals surface area contributed by atoms with Gasteiger partial charge in [-0.2, -0.15) is 0 Å². The van der Waals surface area contributed by atoms with Crippen LogP contribution in [0, 0.1) is 11.7 Å². The molecule has 16 heavy (non-hydrogen) atoms. The van der Waals surface area contributed by atoms with Crippen LogP contribution in [-0.4, -0.2) is 10.7 Å². The zero-order valence-electron chi connectivity index (χ0n) is 9.93. The molecule has 0 fully saturated rings. The molecule has 1 rings (SSSR count). The molecule has 3 heteroatoms. The first-order valence-corrected chi connectivity index (χ1v) is 5.93. The number of aliphatic hydroxyl groups is 1. The van der Waals surface area contributed by atoms with Crippen LogP contribution in [0.25, 0.3) is 0 Å². The molecule has 0 spiro atoms. The quantitative estimate of drug-likeness (QED) is 0.854. The summed E-state index contributed by atoms with van der Waals surface area (Å²) in [6.45, 7) is 5.83. The molecular formula is C13H18ClFO. The van der Waals surface area contributed by atoms with Gasteiger partial charge in [0.2, 0.25) is 0 Å². The van der Waals surface area contributed by atoms with Crippen LogP contribution in [0.4, 0.5) is 4.39 Å². The summed E-state index contributed by atoms with van der Waals surface area (Å²) in [4.78, 5) is 0. The van der Waals surface area contributed by atoms with E-state index >= 15 is 0 Å². The Hall–Kier alpha value is -0.600. The van der Waals surface area contributed by atoms with Crippen molar-refractivity contribution in [3.63, 3.8) is 0 Å². The predicted octanol–water partition coefficient (Wildman–Crippen LogP) is 3.82. The van der Waals surface area contributed by atoms with Gasteiger partial charge in [0.15, 0.2) is 0 Å². The summed E-state index contributed by atoms with van der Waals surface area (Å²) in [5.41, 5.74) is -0.156. The lowest BCUT2D eigenvalue weighted by Gasteiger charge is -2.31. The summed E-state index contributed by atoms with van der Waals surface area (Å²) < 4.78 is 13.1. The molecule has 0 amide bonds. The van der Waals surface area contributed by atoms with E-state index in [2.05, 4.69) is 0 Å². The van der Waals surface area contributed by atoms with Crippen molar-refractivity contribution in [3.05, 3.63) is 34.6 Å². The fraction of sp³-hybridized carbons (Fsp3) is 0.538. The topological polar surface area (TPSA) is 20.2 Å². The van der Waals surface area contributed by atoms with Crippen LogP contribution < -0.4 is 0 Å². The second kappa shape index (κ2) is 5.15. The molecule has 0 aromatic heterocycles. The van der Waals surface area contributed by atoms with Gasteiger partial charge in [0.1, 0.15) is 5.82 Å². The fourth-order valence-corrected chi connectivity index (χ4v) is 1.93. The smallest absolute Gasteiger partial charge is 0.123 e. The largest absolute Gasteiger partial charge is 0.389 e. The highest BCUT2D eigenvalue weighted by molar-refractivity contribution is 6.31. The van der Waals surface area contributed by atoms with Gasteiger partial charge in [0.25, 0.3) is 0 Å². The third-order valence-electron chi connectivity index (χ3n) is 3.19. The SMILES string of the molecule is CCC(O)(Cc1cc(F)ccc1Cl)C(C)C. The van der Waals surface area contributed by atoms with Crippen LogP contribution in [0.3, 0.4) is 0 Å². The molecular weight excluding hydrogens is 227 g/mol. The monoisotopic (exact) mass is 244 g/mol. The summed E-state index contributed by atoms with van der Waals surface area (Å²) in [5, 5.41) is 10.9. The van der Waals surface area contributed by atoms with E-state index in [-0.39, 0.29) is 11.7 Å². The standard InChI is InChI=1S/C13H18ClFO/c1-4-13(16,9(2)3)8-10-7-11(15)5-6-12(10)14/h5-7,9,16H,4,8H2,1-3H3. The molecule has 0 aliphatic carbocycles. The maximum absolute atomic E-state index is 13.1. The van der Waals surface area contributed by atoms with Crippen molar-refractivity contribution < 1.29 is 9.50 Å². The molecule has 1 unspecified atom stereocenters. The van der Waals surface area contributed by atoms with Crippen LogP contribution >= 0.6 is 11.6 Å². The molecule has 0 aliphatic heterocycles. The summed E-state index contributed by atoms with van der Waals surface area (Å²) in [5.74, 6) is -0.210. The van der Waals surface area contributed by atoms with E-state index in [0.29, 0.717) is 23.4 Å². The highest BCUT2D eigenvalue weighted by Crippen LogP contribution is 2.29. The van der Waals surface area contributed by atoms with Crippen molar-refractivity contribution in [3.8, 4) is 0 Å². The van der Waals surface area contributed by atoms with Crippen molar-refractivity contribution in [1.82, 2.24) is 0 Å². The molecule has 0 aliphatic rings. The van der Waals surface area contributed by atoms with Gasteiger partial charge in [-0.3, -0.25) is 0 Å². The Bertz CT molecular complexity index is 365. The van der Waals surface area contributed by atoms with Crippen LogP contribution in [0.1, 0.15) is 32.8 Å². The summed E-state index contributed by atoms with van der Waals surface area (Å²) in [7, 11) is 0. The van der Waals surface area contributed by atoms with Crippen LogP contribution in [-0.2, 0) is 6.42 Å². The lowest BCUT2D eigenvalue weighted by Crippen LogP contribution is -2.36. The molecule has 1 N–H and O–H groups in total. The van der Waals surface area contributed by atoms with Gasteiger partial charge in [-0.1, -0.05) is 32.4 Å². The highest BCUT2D eigenvalue weighted by Gasteiger charge is 2.29. The first-order chi connectivity index (χ1) is 7.39. The minimum atomic E-state index is -0.822. The minimum absolute atomic E-state index is 0.108. The average Bonchev–Trinajstić information content (AvgIpc) is 2.23. The highest BCUT2D eigenvalue weighted by atomic mass is 35.5. The molecule has 1 aromatic rings. The second-order valence-corrected chi connectivity index (χ2v) is 4.93. The third kappa shape index (κ3) is 2.96. The van der Waals surface area contributed by atoms with Crippen molar-refractivity contribution >= 4 is 11.6 Å². The van der Waals surface area contributed by atoms with E-state index in [1.807, 2.05) is 20.8 Å². The maximum Gasteiger partial charge on any atom is 0.123 e. The Labute approximate surface area is 101 Å². The first-order valence-electron chi connectivity index (χ1n) is 5.55. The molecule has 90 valence electrons. The molecule has 1 nitrogen and oxygen atoms in total. The Morgan fingerprint density at radius 1 is 1.44 bits per heavy atom. The Balaban J connectivity index is 2.98. The third-order valence-corrected chi connectivity index (χ3v) is 3.56. The Morgan fingerprint density at radius 2 is 2.06 bits per heavy atom. The van der Waals surface area contributed by atoms with Crippen molar-refractivity contribution in [2.75, 3.05) is 0 Å². The Kier molecular flexibility index (Phi) is 4.34. The molecule has 1 aromatic carbocycles. The van der Waals surface area contributed by atoms with Crippen LogP contribution in [0.5, 0.6) is 0 Å². The van der Waals surface area contributed by atoms with E-state index in [1.165, 1.54) is 18.2 Å². The zero-order valence-corrected chi connectivity index (χ0v) is 10.7. The van der Waals surface area contributed by atoms with E-state index in [4.69, 9.17) is 11.6 Å². The predicted molar refractivity (Wildman–Crippen MR) is 65.2 cm³/mol. The summed E-state index contributed by atoms with van der Waals surface area (Å²) in [6, 6.07) is 4.25. The normalized spacial score (nSPS) is 15.2. The van der Waals surface area contributed by atoms with Crippen molar-refractivity contribution in [2.24, 2.45) is 5.92 Å². The lowest BCUT2D eigenvalue weighted by molar-refractivity contribution is -0.00831. The van der Waals surface area contributed by atoms with Gasteiger partial charge < -0.3 is 5.11 Å². The summed E-state index contributed by atoms with van der Waals surface area (Å²) >= 11 is 5.99. The van der Waals surface area contributed by atoms with Crippen LogP contribution in [0.15, 0.2) is 18.2 Å². The van der Waals surface area contributed by atoms with Gasteiger partial charge in [-0.05, 0) is 36.1 Å². The van der Waals surface area contributed by atoms with Gasteiger partial charge in [-0.25, -0.2) is 4.39 Å². The molecule has 1 atom stereocenters. The second-order valence-electron chi connectivity index (χ2n) is 4.52. The van der Waals surface area contributed by atoms with Crippen molar-refractivity contribution in [2.45, 2.75) is 39.2 Å². The lowest BCUT2D eigenvalue weighted by atomic mass is 9.82. The summed E-state index contributed by atoms with van der Waals surface area (Å²) in [6.07, 6.45) is 1.01. The van der Waals surface area contributed by atoms with E-state index < -0.39 is 5.60 Å². The maximum atomic E-state index is 13.1. The number of rotatable bonds is 4. The van der Waals surface area contributed by atoms with Gasteiger partial charge in [0, 0.05) is 11.4 Å². The number of halogens is 2. The van der Waals surface area contributed by atoms with E-state index in [9.17, 15) is 9.50 Å². The average molecular weight is 245 g/mol. The zero-order chi connectivity index (χ0) is 12.3. The number of benzene rings is 1. The van der Waals surface area contributed by atoms with Gasteiger partial charge in [0.05, 0.1) is 5.60 Å².